The van der Waals surface area contributed by atoms with Gasteiger partial charge in [-0.05, 0) is 74.2 Å². The summed E-state index contributed by atoms with van der Waals surface area (Å²) in [5.74, 6) is 0.0488. The van der Waals surface area contributed by atoms with Crippen molar-refractivity contribution in [1.82, 2.24) is 30.2 Å². The van der Waals surface area contributed by atoms with Gasteiger partial charge in [0, 0.05) is 49.5 Å². The zero-order valence-corrected chi connectivity index (χ0v) is 24.3. The highest BCUT2D eigenvalue weighted by molar-refractivity contribution is 5.95. The second kappa shape index (κ2) is 13.1. The van der Waals surface area contributed by atoms with Crippen LogP contribution in [0.1, 0.15) is 30.3 Å². The largest absolute Gasteiger partial charge is 0.493 e. The number of hydrogen-bond acceptors (Lipinski definition) is 8. The van der Waals surface area contributed by atoms with Crippen LogP contribution in [-0.4, -0.2) is 82.1 Å². The van der Waals surface area contributed by atoms with Gasteiger partial charge in [-0.1, -0.05) is 11.2 Å². The van der Waals surface area contributed by atoms with Crippen molar-refractivity contribution in [3.63, 3.8) is 0 Å². The molecule has 44 heavy (non-hydrogen) atoms. The minimum Gasteiger partial charge on any atom is -0.493 e. The van der Waals surface area contributed by atoms with Crippen LogP contribution in [0.15, 0.2) is 76.0 Å². The van der Waals surface area contributed by atoms with Crippen LogP contribution in [0.5, 0.6) is 5.75 Å². The van der Waals surface area contributed by atoms with Crippen LogP contribution in [-0.2, 0) is 4.79 Å². The third-order valence-electron chi connectivity index (χ3n) is 7.66. The molecule has 3 aromatic heterocycles. The average molecular weight is 601 g/mol. The summed E-state index contributed by atoms with van der Waals surface area (Å²) in [6, 6.07) is 14.9. The molecule has 0 bridgehead atoms. The molecule has 12 heteroatoms. The number of nitrogens with one attached hydrogen (secondary N) is 2. The van der Waals surface area contributed by atoms with Gasteiger partial charge in [-0.15, -0.1) is 0 Å². The van der Waals surface area contributed by atoms with Crippen molar-refractivity contribution in [2.45, 2.75) is 25.8 Å². The van der Waals surface area contributed by atoms with Gasteiger partial charge < -0.3 is 33.8 Å². The van der Waals surface area contributed by atoms with E-state index < -0.39 is 17.8 Å². The van der Waals surface area contributed by atoms with Crippen molar-refractivity contribution in [3.05, 3.63) is 78.6 Å². The fourth-order valence-electron chi connectivity index (χ4n) is 5.30. The van der Waals surface area contributed by atoms with Gasteiger partial charge in [0.2, 0.25) is 11.7 Å². The third kappa shape index (κ3) is 6.65. The molecule has 1 atom stereocenters. The number of ether oxygens (including phenoxy) is 1. The summed E-state index contributed by atoms with van der Waals surface area (Å²) in [6.45, 7) is 5.66. The van der Waals surface area contributed by atoms with Gasteiger partial charge in [-0.2, -0.15) is 4.98 Å². The summed E-state index contributed by atoms with van der Waals surface area (Å²) in [7, 11) is 0. The first-order chi connectivity index (χ1) is 21.4. The molecule has 5 aromatic rings. The molecule has 0 spiro atoms. The maximum atomic E-state index is 15.0. The van der Waals surface area contributed by atoms with Crippen molar-refractivity contribution < 1.29 is 27.7 Å². The molecule has 0 unspecified atom stereocenters. The number of nitrogens with zero attached hydrogens (tertiary/aromatic N) is 4. The van der Waals surface area contributed by atoms with Gasteiger partial charge in [0.05, 0.1) is 18.4 Å². The maximum absolute atomic E-state index is 15.0. The van der Waals surface area contributed by atoms with E-state index in [9.17, 15) is 14.0 Å². The van der Waals surface area contributed by atoms with Crippen LogP contribution in [0.2, 0.25) is 0 Å². The summed E-state index contributed by atoms with van der Waals surface area (Å²) < 4.78 is 31.3. The molecule has 0 radical (unpaired) electrons. The number of fused-ring (bicyclic) bond motifs is 1. The molecule has 2 aromatic carbocycles. The molecule has 2 N–H and O–H groups in total. The molecule has 1 aliphatic rings. The molecule has 0 saturated carbocycles. The Morgan fingerprint density at radius 1 is 1.11 bits per heavy atom. The van der Waals surface area contributed by atoms with Crippen LogP contribution < -0.4 is 10.1 Å². The Bertz CT molecular complexity index is 1730. The molecular formula is C32H33FN6O5. The number of benzene rings is 2. The van der Waals surface area contributed by atoms with Crippen LogP contribution in [0.25, 0.3) is 33.7 Å². The minimum atomic E-state index is -0.652. The van der Waals surface area contributed by atoms with Crippen molar-refractivity contribution in [2.75, 3.05) is 39.3 Å². The topological polar surface area (TPSA) is 130 Å². The lowest BCUT2D eigenvalue weighted by Gasteiger charge is -2.25. The standard InChI is InChI=1S/C32H33FN6O5/c1-21(35-30(40)28-5-2-17-43-28)32(41)39-14-3-12-38(15-16-39)13-4-18-42-24-8-9-25(26(33)20-24)29-36-31(44-37-29)23-7-6-22-10-11-34-27(22)19-23/h2,5-11,17,19-21,34H,3-4,12-16,18H2,1H3,(H,35,40)/t21-/m0/s1. The average Bonchev–Trinajstić information content (AvgIpc) is 3.80. The molecule has 6 rings (SSSR count). The lowest BCUT2D eigenvalue weighted by molar-refractivity contribution is -0.132. The van der Waals surface area contributed by atoms with Gasteiger partial charge in [0.1, 0.15) is 17.6 Å². The highest BCUT2D eigenvalue weighted by Gasteiger charge is 2.25. The number of aromatic nitrogens is 3. The van der Waals surface area contributed by atoms with Crippen LogP contribution in [0, 0.1) is 5.82 Å². The van der Waals surface area contributed by atoms with Crippen LogP contribution >= 0.6 is 0 Å². The number of H-pyrrole nitrogens is 1. The monoisotopic (exact) mass is 600 g/mol. The lowest BCUT2D eigenvalue weighted by atomic mass is 10.1. The Labute approximate surface area is 253 Å². The van der Waals surface area contributed by atoms with E-state index in [4.69, 9.17) is 13.7 Å². The van der Waals surface area contributed by atoms with Gasteiger partial charge in [-0.25, -0.2) is 4.39 Å². The second-order valence-corrected chi connectivity index (χ2v) is 10.7. The Hall–Kier alpha value is -4.97. The number of carbonyl (C=O) groups excluding carboxylic acids is 2. The number of furan rings is 1. The quantitative estimate of drug-likeness (QED) is 0.220. The summed E-state index contributed by atoms with van der Waals surface area (Å²) in [5, 5.41) is 7.75. The Morgan fingerprint density at radius 2 is 2.02 bits per heavy atom. The van der Waals surface area contributed by atoms with E-state index in [0.717, 1.165) is 48.9 Å². The highest BCUT2D eigenvalue weighted by Crippen LogP contribution is 2.28. The summed E-state index contributed by atoms with van der Waals surface area (Å²) in [6.07, 6.45) is 4.85. The first kappa shape index (κ1) is 29.1. The van der Waals surface area contributed by atoms with E-state index >= 15 is 0 Å². The number of carbonyl (C=O) groups is 2. The van der Waals surface area contributed by atoms with Crippen LogP contribution in [0.3, 0.4) is 0 Å². The molecule has 11 nitrogen and oxygen atoms in total. The molecule has 228 valence electrons. The van der Waals surface area contributed by atoms with Crippen molar-refractivity contribution in [2.24, 2.45) is 0 Å². The van der Waals surface area contributed by atoms with Crippen molar-refractivity contribution in [1.29, 1.82) is 0 Å². The zero-order valence-electron chi connectivity index (χ0n) is 24.3. The van der Waals surface area contributed by atoms with E-state index in [1.165, 1.54) is 12.3 Å². The second-order valence-electron chi connectivity index (χ2n) is 10.7. The molecular weight excluding hydrogens is 567 g/mol. The number of halogens is 1. The van der Waals surface area contributed by atoms with E-state index in [0.29, 0.717) is 31.3 Å². The molecule has 2 amide bonds. The zero-order chi connectivity index (χ0) is 30.5. The third-order valence-corrected chi connectivity index (χ3v) is 7.66. The Balaban J connectivity index is 0.951. The molecule has 4 heterocycles. The number of amides is 2. The molecule has 1 saturated heterocycles. The maximum Gasteiger partial charge on any atom is 0.287 e. The summed E-state index contributed by atoms with van der Waals surface area (Å²) in [5.41, 5.74) is 1.92. The summed E-state index contributed by atoms with van der Waals surface area (Å²) in [4.78, 5) is 36.8. The first-order valence-electron chi connectivity index (χ1n) is 14.6. The minimum absolute atomic E-state index is 0.115. The summed E-state index contributed by atoms with van der Waals surface area (Å²) >= 11 is 0. The molecule has 1 fully saturated rings. The first-order valence-corrected chi connectivity index (χ1v) is 14.6. The molecule has 0 aliphatic carbocycles. The van der Waals surface area contributed by atoms with Crippen molar-refractivity contribution >= 4 is 22.7 Å². The van der Waals surface area contributed by atoms with E-state index in [-0.39, 0.29) is 23.1 Å². The van der Waals surface area contributed by atoms with Crippen molar-refractivity contribution in [3.8, 4) is 28.6 Å². The van der Waals surface area contributed by atoms with Crippen LogP contribution in [0.4, 0.5) is 4.39 Å². The Kier molecular flexibility index (Phi) is 8.69. The van der Waals surface area contributed by atoms with Gasteiger partial charge in [0.15, 0.2) is 5.76 Å². The fraction of sp³-hybridized carbons (Fsp3) is 0.312. The SMILES string of the molecule is C[C@H](NC(=O)c1ccco1)C(=O)N1CCCN(CCCOc2ccc(-c3noc(-c4ccc5cc[nH]c5c4)n3)c(F)c2)CC1. The number of rotatable bonds is 10. The smallest absolute Gasteiger partial charge is 0.287 e. The Morgan fingerprint density at radius 3 is 2.86 bits per heavy atom. The fourth-order valence-corrected chi connectivity index (χ4v) is 5.30. The lowest BCUT2D eigenvalue weighted by Crippen LogP contribution is -2.48. The number of hydrogen-bond donors (Lipinski definition) is 2. The van der Waals surface area contributed by atoms with Gasteiger partial charge in [0.25, 0.3) is 11.8 Å². The number of aromatic amines is 1. The highest BCUT2D eigenvalue weighted by atomic mass is 19.1. The van der Waals surface area contributed by atoms with E-state index in [1.54, 1.807) is 36.1 Å². The van der Waals surface area contributed by atoms with Gasteiger partial charge >= 0.3 is 0 Å². The van der Waals surface area contributed by atoms with Gasteiger partial charge in [-0.3, -0.25) is 9.59 Å². The predicted molar refractivity (Wildman–Crippen MR) is 160 cm³/mol. The van der Waals surface area contributed by atoms with E-state index in [2.05, 4.69) is 25.3 Å². The normalized spacial score (nSPS) is 14.8. The van der Waals surface area contributed by atoms with E-state index in [1.807, 2.05) is 30.5 Å². The molecule has 1 aliphatic heterocycles. The predicted octanol–water partition coefficient (Wildman–Crippen LogP) is 4.74.